The number of carbonyl (C=O) groups is 1. The minimum Gasteiger partial charge on any atom is -0.356 e. The minimum atomic E-state index is 0.0740. The molecule has 0 bridgehead atoms. The second-order valence-corrected chi connectivity index (χ2v) is 6.22. The molecule has 0 aromatic carbocycles. The lowest BCUT2D eigenvalue weighted by Crippen LogP contribution is -2.25. The fraction of sp³-hybridized carbons (Fsp3) is 0.294. The Hall–Kier alpha value is -2.54. The summed E-state index contributed by atoms with van der Waals surface area (Å²) in [4.78, 5) is 20.5. The van der Waals surface area contributed by atoms with Gasteiger partial charge in [0.25, 0.3) is 0 Å². The highest BCUT2D eigenvalue weighted by atomic mass is 32.1. The van der Waals surface area contributed by atoms with Crippen LogP contribution in [-0.2, 0) is 17.8 Å². The number of carbonyl (C=O) groups excluding carboxylic acids is 1. The summed E-state index contributed by atoms with van der Waals surface area (Å²) in [5.74, 6) is 0.0740. The number of hydrogen-bond donors (Lipinski definition) is 1. The molecule has 6 nitrogen and oxygen atoms in total. The van der Waals surface area contributed by atoms with Crippen molar-refractivity contribution in [3.8, 4) is 10.6 Å². The van der Waals surface area contributed by atoms with E-state index in [4.69, 9.17) is 0 Å². The maximum atomic E-state index is 11.8. The van der Waals surface area contributed by atoms with Crippen LogP contribution in [0.4, 0.5) is 0 Å². The van der Waals surface area contributed by atoms with Crippen molar-refractivity contribution in [1.29, 1.82) is 0 Å². The van der Waals surface area contributed by atoms with Gasteiger partial charge < -0.3 is 5.32 Å². The van der Waals surface area contributed by atoms with Crippen molar-refractivity contribution in [1.82, 2.24) is 25.1 Å². The Balaban J connectivity index is 1.37. The molecule has 3 heterocycles. The molecular formula is C17H19N5OS. The number of amides is 1. The van der Waals surface area contributed by atoms with Crippen molar-refractivity contribution in [3.05, 3.63) is 54.1 Å². The lowest BCUT2D eigenvalue weighted by molar-refractivity contribution is -0.121. The number of aryl methyl sites for hydroxylation is 1. The third kappa shape index (κ3) is 4.73. The predicted molar refractivity (Wildman–Crippen MR) is 93.5 cm³/mol. The van der Waals surface area contributed by atoms with E-state index in [-0.39, 0.29) is 5.91 Å². The Bertz CT molecular complexity index is 754. The average Bonchev–Trinajstić information content (AvgIpc) is 3.28. The van der Waals surface area contributed by atoms with Gasteiger partial charge in [0.05, 0.1) is 5.69 Å². The van der Waals surface area contributed by atoms with Crippen molar-refractivity contribution in [3.63, 3.8) is 0 Å². The molecule has 0 radical (unpaired) electrons. The van der Waals surface area contributed by atoms with Crippen LogP contribution in [0.5, 0.6) is 0 Å². The van der Waals surface area contributed by atoms with Gasteiger partial charge in [0.2, 0.25) is 5.91 Å². The van der Waals surface area contributed by atoms with Crippen molar-refractivity contribution in [2.45, 2.75) is 25.8 Å². The Morgan fingerprint density at radius 2 is 2.25 bits per heavy atom. The van der Waals surface area contributed by atoms with Gasteiger partial charge in [0.15, 0.2) is 0 Å². The lowest BCUT2D eigenvalue weighted by Gasteiger charge is -2.04. The zero-order valence-corrected chi connectivity index (χ0v) is 14.1. The van der Waals surface area contributed by atoms with E-state index in [0.29, 0.717) is 13.0 Å². The molecule has 3 aromatic rings. The molecule has 1 N–H and O–H groups in total. The number of rotatable bonds is 8. The van der Waals surface area contributed by atoms with Crippen LogP contribution in [0.2, 0.25) is 0 Å². The third-order valence-corrected chi connectivity index (χ3v) is 4.45. The largest absolute Gasteiger partial charge is 0.356 e. The molecule has 0 unspecified atom stereocenters. The van der Waals surface area contributed by atoms with Crippen LogP contribution in [0, 0.1) is 0 Å². The summed E-state index contributed by atoms with van der Waals surface area (Å²) in [7, 11) is 0. The van der Waals surface area contributed by atoms with Gasteiger partial charge in [-0.3, -0.25) is 14.5 Å². The van der Waals surface area contributed by atoms with E-state index >= 15 is 0 Å². The number of aromatic nitrogens is 4. The maximum absolute atomic E-state index is 11.8. The van der Waals surface area contributed by atoms with E-state index in [1.165, 1.54) is 0 Å². The van der Waals surface area contributed by atoms with Gasteiger partial charge in [0, 0.05) is 61.7 Å². The second kappa shape index (κ2) is 8.35. The lowest BCUT2D eigenvalue weighted by atomic mass is 10.2. The summed E-state index contributed by atoms with van der Waals surface area (Å²) in [6.45, 7) is 1.37. The zero-order chi connectivity index (χ0) is 16.6. The van der Waals surface area contributed by atoms with Crippen molar-refractivity contribution in [2.24, 2.45) is 0 Å². The fourth-order valence-corrected chi connectivity index (χ4v) is 3.14. The first-order valence-electron chi connectivity index (χ1n) is 7.90. The minimum absolute atomic E-state index is 0.0740. The molecule has 0 atom stereocenters. The molecule has 124 valence electrons. The zero-order valence-electron chi connectivity index (χ0n) is 13.3. The van der Waals surface area contributed by atoms with Crippen LogP contribution in [0.3, 0.4) is 0 Å². The smallest absolute Gasteiger partial charge is 0.220 e. The van der Waals surface area contributed by atoms with Crippen LogP contribution < -0.4 is 5.32 Å². The summed E-state index contributed by atoms with van der Waals surface area (Å²) >= 11 is 1.60. The van der Waals surface area contributed by atoms with E-state index in [1.807, 2.05) is 40.7 Å². The van der Waals surface area contributed by atoms with Crippen LogP contribution in [0.15, 0.2) is 48.4 Å². The van der Waals surface area contributed by atoms with Crippen LogP contribution in [-0.4, -0.2) is 32.2 Å². The normalized spacial score (nSPS) is 10.7. The van der Waals surface area contributed by atoms with E-state index in [9.17, 15) is 4.79 Å². The van der Waals surface area contributed by atoms with E-state index < -0.39 is 0 Å². The molecule has 3 rings (SSSR count). The predicted octanol–water partition coefficient (Wildman–Crippen LogP) is 2.54. The van der Waals surface area contributed by atoms with Crippen molar-refractivity contribution >= 4 is 17.2 Å². The van der Waals surface area contributed by atoms with Gasteiger partial charge in [-0.05, 0) is 24.6 Å². The second-order valence-electron chi connectivity index (χ2n) is 5.36. The molecule has 3 aromatic heterocycles. The molecule has 0 spiro atoms. The van der Waals surface area contributed by atoms with E-state index in [0.717, 1.165) is 35.7 Å². The molecule has 0 aliphatic heterocycles. The first-order valence-corrected chi connectivity index (χ1v) is 8.78. The van der Waals surface area contributed by atoms with Crippen LogP contribution in [0.1, 0.15) is 18.5 Å². The molecule has 1 amide bonds. The number of nitrogens with one attached hydrogen (secondary N) is 1. The highest BCUT2D eigenvalue weighted by molar-refractivity contribution is 7.13. The Morgan fingerprint density at radius 1 is 1.29 bits per heavy atom. The van der Waals surface area contributed by atoms with Crippen LogP contribution >= 0.6 is 11.3 Å². The monoisotopic (exact) mass is 341 g/mol. The standard InChI is InChI=1S/C17H19N5OS/c23-16(5-2-10-22-11-3-8-20-22)19-9-6-15-13-24-17(21-15)14-4-1-7-18-12-14/h1,3-4,7-8,11-13H,2,5-6,9-10H2,(H,19,23). The molecule has 0 saturated carbocycles. The average molecular weight is 341 g/mol. The summed E-state index contributed by atoms with van der Waals surface area (Å²) in [5.41, 5.74) is 2.02. The van der Waals surface area contributed by atoms with Gasteiger partial charge in [0.1, 0.15) is 5.01 Å². The number of thiazole rings is 1. The highest BCUT2D eigenvalue weighted by Crippen LogP contribution is 2.22. The van der Waals surface area contributed by atoms with Gasteiger partial charge in [-0.1, -0.05) is 0 Å². The molecule has 24 heavy (non-hydrogen) atoms. The van der Waals surface area contributed by atoms with Gasteiger partial charge in [-0.15, -0.1) is 11.3 Å². The van der Waals surface area contributed by atoms with Gasteiger partial charge in [-0.2, -0.15) is 5.10 Å². The summed E-state index contributed by atoms with van der Waals surface area (Å²) in [6.07, 6.45) is 9.24. The first-order chi connectivity index (χ1) is 11.8. The molecule has 0 aliphatic rings. The molecule has 7 heteroatoms. The highest BCUT2D eigenvalue weighted by Gasteiger charge is 2.06. The maximum Gasteiger partial charge on any atom is 0.220 e. The summed E-state index contributed by atoms with van der Waals surface area (Å²) in [5, 5.41) is 10.1. The van der Waals surface area contributed by atoms with Crippen molar-refractivity contribution < 1.29 is 4.79 Å². The number of nitrogens with zero attached hydrogens (tertiary/aromatic N) is 4. The van der Waals surface area contributed by atoms with E-state index in [2.05, 4.69) is 20.4 Å². The Labute approximate surface area is 144 Å². The molecule has 0 saturated heterocycles. The Kier molecular flexibility index (Phi) is 5.68. The number of pyridine rings is 1. The molecule has 0 fully saturated rings. The van der Waals surface area contributed by atoms with Gasteiger partial charge >= 0.3 is 0 Å². The summed E-state index contributed by atoms with van der Waals surface area (Å²) in [6, 6.07) is 5.78. The SMILES string of the molecule is O=C(CCCn1cccn1)NCCc1csc(-c2cccnc2)n1. The summed E-state index contributed by atoms with van der Waals surface area (Å²) < 4.78 is 1.84. The molecule has 0 aliphatic carbocycles. The molecular weight excluding hydrogens is 322 g/mol. The third-order valence-electron chi connectivity index (χ3n) is 3.51. The fourth-order valence-electron chi connectivity index (χ4n) is 2.30. The van der Waals surface area contributed by atoms with Crippen LogP contribution in [0.25, 0.3) is 10.6 Å². The number of hydrogen-bond acceptors (Lipinski definition) is 5. The van der Waals surface area contributed by atoms with Crippen molar-refractivity contribution in [2.75, 3.05) is 6.54 Å². The van der Waals surface area contributed by atoms with Gasteiger partial charge in [-0.25, -0.2) is 4.98 Å². The van der Waals surface area contributed by atoms with E-state index in [1.54, 1.807) is 23.7 Å². The first kappa shape index (κ1) is 16.3. The quantitative estimate of drug-likeness (QED) is 0.683. The Morgan fingerprint density at radius 3 is 3.04 bits per heavy atom. The topological polar surface area (TPSA) is 72.7 Å².